The van der Waals surface area contributed by atoms with E-state index in [0.29, 0.717) is 0 Å². The third-order valence-corrected chi connectivity index (χ3v) is 4.28. The maximum absolute atomic E-state index is 5.41. The number of rotatable bonds is 12. The fraction of sp³-hybridized carbons (Fsp3) is 0.684. The second kappa shape index (κ2) is 11.3. The van der Waals surface area contributed by atoms with E-state index in [0.717, 1.165) is 18.0 Å². The fourth-order valence-corrected chi connectivity index (χ4v) is 2.94. The number of nitrogens with one attached hydrogen (secondary N) is 3. The predicted octanol–water partition coefficient (Wildman–Crippen LogP) is -1.84. The highest BCUT2D eigenvalue weighted by atomic mass is 16.5. The zero-order valence-corrected chi connectivity index (χ0v) is 16.5. The van der Waals surface area contributed by atoms with Crippen LogP contribution in [0.5, 0.6) is 11.5 Å². The second-order valence-electron chi connectivity index (χ2n) is 7.27. The van der Waals surface area contributed by atoms with E-state index in [-0.39, 0.29) is 0 Å². The van der Waals surface area contributed by atoms with Gasteiger partial charge in [-0.05, 0) is 12.1 Å². The maximum atomic E-state index is 5.41. The van der Waals surface area contributed by atoms with E-state index >= 15 is 0 Å². The lowest BCUT2D eigenvalue weighted by molar-refractivity contribution is -0.925. The largest absolute Gasteiger partial charge is 0.497 e. The average molecular weight is 341 g/mol. The molecule has 5 nitrogen and oxygen atoms in total. The van der Waals surface area contributed by atoms with Crippen LogP contribution >= 0.6 is 0 Å². The first-order valence-electron chi connectivity index (χ1n) is 9.08. The predicted molar refractivity (Wildman–Crippen MR) is 98.5 cm³/mol. The van der Waals surface area contributed by atoms with Crippen molar-refractivity contribution in [3.8, 4) is 11.5 Å². The molecule has 0 aromatic heterocycles. The Labute approximate surface area is 148 Å². The molecule has 0 fully saturated rings. The number of methoxy groups -OCH3 is 2. The molecule has 24 heavy (non-hydrogen) atoms. The number of hydrogen-bond donors (Lipinski definition) is 3. The second-order valence-corrected chi connectivity index (χ2v) is 7.27. The normalized spacial score (nSPS) is 11.5. The van der Waals surface area contributed by atoms with Crippen molar-refractivity contribution in [1.29, 1.82) is 0 Å². The van der Waals surface area contributed by atoms with Crippen molar-refractivity contribution in [1.82, 2.24) is 0 Å². The van der Waals surface area contributed by atoms with Crippen LogP contribution in [0.25, 0.3) is 0 Å². The third kappa shape index (κ3) is 8.52. The highest BCUT2D eigenvalue weighted by Crippen LogP contribution is 2.21. The summed E-state index contributed by atoms with van der Waals surface area (Å²) in [6.45, 7) is 5.91. The minimum Gasteiger partial charge on any atom is -0.497 e. The van der Waals surface area contributed by atoms with Crippen LogP contribution in [-0.4, -0.2) is 68.6 Å². The number of benzene rings is 1. The van der Waals surface area contributed by atoms with E-state index in [2.05, 4.69) is 40.3 Å². The topological polar surface area (TPSA) is 31.8 Å². The quantitative estimate of drug-likeness (QED) is 0.418. The minimum atomic E-state index is 0.874. The van der Waals surface area contributed by atoms with Crippen LogP contribution in [0.15, 0.2) is 18.2 Å². The number of quaternary nitrogens is 3. The molecule has 0 heterocycles. The van der Waals surface area contributed by atoms with Crippen molar-refractivity contribution in [3.63, 3.8) is 0 Å². The monoisotopic (exact) mass is 340 g/mol. The van der Waals surface area contributed by atoms with Crippen molar-refractivity contribution >= 4 is 0 Å². The van der Waals surface area contributed by atoms with Crippen molar-refractivity contribution in [2.45, 2.75) is 19.4 Å². The van der Waals surface area contributed by atoms with Crippen molar-refractivity contribution in [2.75, 3.05) is 68.6 Å². The van der Waals surface area contributed by atoms with Gasteiger partial charge in [0, 0.05) is 24.5 Å². The van der Waals surface area contributed by atoms with Crippen molar-refractivity contribution < 1.29 is 24.2 Å². The molecule has 0 aliphatic heterocycles. The molecule has 0 radical (unpaired) electrons. The van der Waals surface area contributed by atoms with Gasteiger partial charge in [0.05, 0.1) is 68.6 Å². The Balaban J connectivity index is 2.70. The Morgan fingerprint density at radius 2 is 1.17 bits per heavy atom. The maximum Gasteiger partial charge on any atom is 0.123 e. The Bertz CT molecular complexity index is 428. The molecule has 0 aliphatic rings. The third-order valence-electron chi connectivity index (χ3n) is 4.28. The summed E-state index contributed by atoms with van der Waals surface area (Å²) in [5, 5.41) is 0. The first-order valence-corrected chi connectivity index (χ1v) is 9.08. The van der Waals surface area contributed by atoms with Crippen LogP contribution in [-0.2, 0) is 6.54 Å². The van der Waals surface area contributed by atoms with Gasteiger partial charge in [0.25, 0.3) is 0 Å². The summed E-state index contributed by atoms with van der Waals surface area (Å²) < 4.78 is 10.8. The van der Waals surface area contributed by atoms with Gasteiger partial charge in [-0.25, -0.2) is 0 Å². The summed E-state index contributed by atoms with van der Waals surface area (Å²) in [5.41, 5.74) is 1.29. The molecule has 1 aromatic rings. The molecule has 0 unspecified atom stereocenters. The summed E-state index contributed by atoms with van der Waals surface area (Å²) in [6, 6.07) is 6.21. The lowest BCUT2D eigenvalue weighted by atomic mass is 10.1. The van der Waals surface area contributed by atoms with E-state index in [1.165, 1.54) is 54.4 Å². The first kappa shape index (κ1) is 20.7. The zero-order valence-electron chi connectivity index (χ0n) is 16.5. The van der Waals surface area contributed by atoms with E-state index in [4.69, 9.17) is 9.47 Å². The van der Waals surface area contributed by atoms with Gasteiger partial charge in [0.15, 0.2) is 0 Å². The Hall–Kier alpha value is -1.30. The molecule has 3 N–H and O–H groups in total. The molecule has 1 rings (SSSR count). The van der Waals surface area contributed by atoms with Gasteiger partial charge in [-0.2, -0.15) is 0 Å². The lowest BCUT2D eigenvalue weighted by Gasteiger charge is -2.21. The van der Waals surface area contributed by atoms with Gasteiger partial charge < -0.3 is 24.2 Å². The van der Waals surface area contributed by atoms with E-state index in [1.807, 2.05) is 6.07 Å². The standard InChI is InChI=1S/C19H35N3O2/c1-20(2)9-7-11-22(12-8-10-21(3)4)16-17-13-18(23-5)15-19(14-17)24-6/h13-15H,7-12,16H2,1-6H3/p+3. The molecule has 138 valence electrons. The van der Waals surface area contributed by atoms with Crippen molar-refractivity contribution in [3.05, 3.63) is 23.8 Å². The molecule has 0 aliphatic carbocycles. The highest BCUT2D eigenvalue weighted by Gasteiger charge is 2.13. The molecule has 0 bridgehead atoms. The summed E-state index contributed by atoms with van der Waals surface area (Å²) in [4.78, 5) is 4.69. The molecule has 0 amide bonds. The minimum absolute atomic E-state index is 0.874. The summed E-state index contributed by atoms with van der Waals surface area (Å²) in [7, 11) is 12.3. The smallest absolute Gasteiger partial charge is 0.123 e. The number of hydrogen-bond acceptors (Lipinski definition) is 2. The van der Waals surface area contributed by atoms with Crippen LogP contribution < -0.4 is 24.2 Å². The van der Waals surface area contributed by atoms with Gasteiger partial charge in [-0.15, -0.1) is 0 Å². The van der Waals surface area contributed by atoms with Gasteiger partial charge >= 0.3 is 0 Å². The lowest BCUT2D eigenvalue weighted by Crippen LogP contribution is -3.13. The van der Waals surface area contributed by atoms with Crippen LogP contribution in [0.4, 0.5) is 0 Å². The molecule has 5 heteroatoms. The molecule has 1 aromatic carbocycles. The Kier molecular flexibility index (Phi) is 9.76. The van der Waals surface area contributed by atoms with Gasteiger partial charge in [-0.1, -0.05) is 0 Å². The molecular weight excluding hydrogens is 302 g/mol. The zero-order chi connectivity index (χ0) is 17.9. The molecular formula is C19H38N3O2+3. The molecule has 0 saturated carbocycles. The van der Waals surface area contributed by atoms with Gasteiger partial charge in [0.2, 0.25) is 0 Å². The van der Waals surface area contributed by atoms with Crippen LogP contribution in [0, 0.1) is 0 Å². The van der Waals surface area contributed by atoms with Crippen LogP contribution in [0.3, 0.4) is 0 Å². The van der Waals surface area contributed by atoms with Crippen molar-refractivity contribution in [2.24, 2.45) is 0 Å². The Morgan fingerprint density at radius 3 is 1.54 bits per heavy atom. The first-order chi connectivity index (χ1) is 11.4. The van der Waals surface area contributed by atoms with Gasteiger partial charge in [0.1, 0.15) is 18.0 Å². The SMILES string of the molecule is COc1cc(C[NH+](CCC[NH+](C)C)CCC[NH+](C)C)cc(OC)c1. The fourth-order valence-electron chi connectivity index (χ4n) is 2.94. The van der Waals surface area contributed by atoms with E-state index in [1.54, 1.807) is 19.1 Å². The molecule has 0 spiro atoms. The van der Waals surface area contributed by atoms with Gasteiger partial charge in [-0.3, -0.25) is 0 Å². The Morgan fingerprint density at radius 1 is 0.708 bits per heavy atom. The van der Waals surface area contributed by atoms with E-state index < -0.39 is 0 Å². The summed E-state index contributed by atoms with van der Waals surface area (Å²) in [6.07, 6.45) is 2.52. The number of ether oxygens (including phenoxy) is 2. The molecule has 0 saturated heterocycles. The van der Waals surface area contributed by atoms with Crippen LogP contribution in [0.1, 0.15) is 18.4 Å². The summed E-state index contributed by atoms with van der Waals surface area (Å²) >= 11 is 0. The van der Waals surface area contributed by atoms with E-state index in [9.17, 15) is 0 Å². The highest BCUT2D eigenvalue weighted by molar-refractivity contribution is 5.38. The van der Waals surface area contributed by atoms with Crippen LogP contribution in [0.2, 0.25) is 0 Å². The molecule has 0 atom stereocenters. The summed E-state index contributed by atoms with van der Waals surface area (Å²) in [5.74, 6) is 1.75. The average Bonchev–Trinajstić information content (AvgIpc) is 2.53.